The maximum Gasteiger partial charge on any atom is 0.125 e. The molecule has 9 aliphatic rings. The second-order valence-electron chi connectivity index (χ2n) is 17.4. The van der Waals surface area contributed by atoms with Crippen molar-refractivity contribution in [3.63, 3.8) is 0 Å². The van der Waals surface area contributed by atoms with Crippen molar-refractivity contribution in [3.8, 4) is 0 Å². The van der Waals surface area contributed by atoms with E-state index in [1.807, 2.05) is 0 Å². The molecule has 54 heavy (non-hydrogen) atoms. The Morgan fingerprint density at radius 2 is 1.65 bits per heavy atom. The third kappa shape index (κ3) is 4.48. The van der Waals surface area contributed by atoms with Crippen molar-refractivity contribution in [2.75, 3.05) is 0 Å². The van der Waals surface area contributed by atoms with E-state index in [1.54, 1.807) is 0 Å². The monoisotopic (exact) mass is 703 g/mol. The molecule has 1 aliphatic heterocycles. The summed E-state index contributed by atoms with van der Waals surface area (Å²) in [6, 6.07) is 20.9. The van der Waals surface area contributed by atoms with E-state index in [4.69, 9.17) is 4.74 Å². The molecule has 0 spiro atoms. The molecule has 268 valence electrons. The summed E-state index contributed by atoms with van der Waals surface area (Å²) in [5.74, 6) is 3.57. The van der Waals surface area contributed by atoms with Gasteiger partial charge in [0.05, 0.1) is 11.7 Å². The van der Waals surface area contributed by atoms with Gasteiger partial charge >= 0.3 is 0 Å². The second kappa shape index (κ2) is 12.3. The third-order valence-corrected chi connectivity index (χ3v) is 14.7. The normalized spacial score (nSPS) is 35.5. The van der Waals surface area contributed by atoms with E-state index in [9.17, 15) is 0 Å². The molecule has 1 saturated carbocycles. The van der Waals surface area contributed by atoms with Crippen LogP contribution in [0, 0.1) is 35.0 Å². The number of nitrogens with zero attached hydrogens (tertiary/aromatic N) is 1. The van der Waals surface area contributed by atoms with E-state index in [1.165, 1.54) is 50.6 Å². The molecule has 1 heterocycles. The average molecular weight is 704 g/mol. The van der Waals surface area contributed by atoms with E-state index in [0.29, 0.717) is 35.5 Å². The lowest BCUT2D eigenvalue weighted by atomic mass is 9.60. The Kier molecular flexibility index (Phi) is 7.36. The number of benzene rings is 2. The van der Waals surface area contributed by atoms with Crippen molar-refractivity contribution in [3.05, 3.63) is 202 Å². The van der Waals surface area contributed by atoms with Gasteiger partial charge in [0.25, 0.3) is 0 Å². The van der Waals surface area contributed by atoms with Crippen LogP contribution < -0.4 is 0 Å². The number of hydrogen-bond acceptors (Lipinski definition) is 2. The first-order valence-electron chi connectivity index (χ1n) is 20.6. The first kappa shape index (κ1) is 32.4. The predicted octanol–water partition coefficient (Wildman–Crippen LogP) is 11.6. The fourth-order valence-corrected chi connectivity index (χ4v) is 12.5. The third-order valence-electron chi connectivity index (χ3n) is 14.7. The summed E-state index contributed by atoms with van der Waals surface area (Å²) in [4.78, 5) is 2.67. The molecule has 1 saturated heterocycles. The number of rotatable bonds is 5. The van der Waals surface area contributed by atoms with Gasteiger partial charge in [0.1, 0.15) is 11.9 Å². The molecule has 2 nitrogen and oxygen atoms in total. The van der Waals surface area contributed by atoms with Gasteiger partial charge in [0.2, 0.25) is 0 Å². The quantitative estimate of drug-likeness (QED) is 0.227. The van der Waals surface area contributed by atoms with E-state index in [-0.39, 0.29) is 23.0 Å². The van der Waals surface area contributed by atoms with Crippen molar-refractivity contribution in [1.82, 2.24) is 4.90 Å². The maximum atomic E-state index is 7.42. The molecule has 0 bridgehead atoms. The van der Waals surface area contributed by atoms with Crippen LogP contribution in [-0.2, 0) is 10.2 Å². The summed E-state index contributed by atoms with van der Waals surface area (Å²) in [6.07, 6.45) is 40.3. The standard InChI is InChI=1S/C52H49NO/c1-51(2)42-25-12-11-23-41(42)49-45(51)28-16-29-46(49)53(36-19-7-4-8-20-36)47-30-15-24-40-39-32-31-35(33-48(39)54-50(40)47)52(34-17-5-3-6-18-34)43-26-13-9-21-37(43)38-22-10-14-27-44(38)52/h3,5-7,9-11,13-21,26,28-33,38-41,44,46,48-49H,4,8,22-24,27H2,1-2H3. The predicted molar refractivity (Wildman–Crippen MR) is 218 cm³/mol. The Balaban J connectivity index is 1.03. The van der Waals surface area contributed by atoms with Crippen molar-refractivity contribution >= 4 is 0 Å². The average Bonchev–Trinajstić information content (AvgIpc) is 3.83. The van der Waals surface area contributed by atoms with Crippen molar-refractivity contribution < 1.29 is 4.74 Å². The van der Waals surface area contributed by atoms with Gasteiger partial charge in [-0.3, -0.25) is 0 Å². The highest BCUT2D eigenvalue weighted by molar-refractivity contribution is 5.62. The molecule has 11 rings (SSSR count). The summed E-state index contributed by atoms with van der Waals surface area (Å²) >= 11 is 0. The highest BCUT2D eigenvalue weighted by Gasteiger charge is 2.57. The molecule has 0 aromatic heterocycles. The van der Waals surface area contributed by atoms with Crippen LogP contribution in [0.25, 0.3) is 0 Å². The molecule has 9 unspecified atom stereocenters. The number of fused-ring (bicyclic) bond motifs is 9. The fraction of sp³-hybridized carbons (Fsp3) is 0.346. The minimum absolute atomic E-state index is 0.00511. The molecule has 2 aromatic carbocycles. The highest BCUT2D eigenvalue weighted by Crippen LogP contribution is 2.63. The van der Waals surface area contributed by atoms with Gasteiger partial charge in [0.15, 0.2) is 0 Å². The van der Waals surface area contributed by atoms with Crippen molar-refractivity contribution in [1.29, 1.82) is 0 Å². The first-order chi connectivity index (χ1) is 26.6. The smallest absolute Gasteiger partial charge is 0.125 e. The Hall–Kier alpha value is -5.00. The lowest BCUT2D eigenvalue weighted by Crippen LogP contribution is -2.42. The number of ether oxygens (including phenoxy) is 1. The Labute approximate surface area is 321 Å². The molecule has 8 aliphatic carbocycles. The molecule has 0 amide bonds. The van der Waals surface area contributed by atoms with Gasteiger partial charge in [0, 0.05) is 40.2 Å². The van der Waals surface area contributed by atoms with Crippen LogP contribution in [0.4, 0.5) is 0 Å². The zero-order chi connectivity index (χ0) is 36.0. The zero-order valence-electron chi connectivity index (χ0n) is 31.5. The van der Waals surface area contributed by atoms with Gasteiger partial charge in [-0.1, -0.05) is 146 Å². The first-order valence-corrected chi connectivity index (χ1v) is 20.6. The van der Waals surface area contributed by atoms with Crippen LogP contribution in [0.15, 0.2) is 185 Å². The van der Waals surface area contributed by atoms with E-state index in [0.717, 1.165) is 38.5 Å². The SMILES string of the molecule is CC1(C)C2=C=C=CCC2C2C1=CC=CC2N(C1=CCCC=C1)C1=C2OC3C=C(C4(c5ccccc5)c5ccccc5C5CC=CCC54)C=CC3C2CC=C1. The van der Waals surface area contributed by atoms with Crippen LogP contribution in [-0.4, -0.2) is 17.0 Å². The Morgan fingerprint density at radius 1 is 0.796 bits per heavy atom. The molecule has 2 aromatic rings. The summed E-state index contributed by atoms with van der Waals surface area (Å²) in [5.41, 5.74) is 18.0. The van der Waals surface area contributed by atoms with Crippen LogP contribution in [0.5, 0.6) is 0 Å². The van der Waals surface area contributed by atoms with Gasteiger partial charge in [-0.05, 0) is 103 Å². The topological polar surface area (TPSA) is 12.5 Å². The largest absolute Gasteiger partial charge is 0.488 e. The van der Waals surface area contributed by atoms with E-state index >= 15 is 0 Å². The van der Waals surface area contributed by atoms with Gasteiger partial charge in [-0.15, -0.1) is 0 Å². The molecule has 0 radical (unpaired) electrons. The summed E-state index contributed by atoms with van der Waals surface area (Å²) in [6.45, 7) is 4.80. The van der Waals surface area contributed by atoms with Crippen molar-refractivity contribution in [2.45, 2.75) is 75.9 Å². The van der Waals surface area contributed by atoms with E-state index < -0.39 is 0 Å². The van der Waals surface area contributed by atoms with Crippen LogP contribution in [0.3, 0.4) is 0 Å². The van der Waals surface area contributed by atoms with Crippen LogP contribution in [0.1, 0.15) is 75.0 Å². The second-order valence-corrected chi connectivity index (χ2v) is 17.4. The van der Waals surface area contributed by atoms with Crippen molar-refractivity contribution in [2.24, 2.45) is 35.0 Å². The molecular weight excluding hydrogens is 655 g/mol. The van der Waals surface area contributed by atoms with Crippen LogP contribution in [0.2, 0.25) is 0 Å². The Morgan fingerprint density at radius 3 is 2.54 bits per heavy atom. The van der Waals surface area contributed by atoms with E-state index in [2.05, 4.69) is 170 Å². The van der Waals surface area contributed by atoms with Gasteiger partial charge in [-0.2, -0.15) is 0 Å². The zero-order valence-corrected chi connectivity index (χ0v) is 31.5. The molecule has 2 heteroatoms. The maximum absolute atomic E-state index is 7.42. The van der Waals surface area contributed by atoms with Crippen LogP contribution >= 0.6 is 0 Å². The summed E-state index contributed by atoms with van der Waals surface area (Å²) in [5, 5.41) is 0. The molecule has 2 fully saturated rings. The molecule has 9 atom stereocenters. The minimum Gasteiger partial charge on any atom is -0.488 e. The lowest BCUT2D eigenvalue weighted by Gasteiger charge is -2.42. The Bertz CT molecular complexity index is 2320. The van der Waals surface area contributed by atoms with Gasteiger partial charge < -0.3 is 9.64 Å². The summed E-state index contributed by atoms with van der Waals surface area (Å²) in [7, 11) is 0. The minimum atomic E-state index is -0.218. The highest BCUT2D eigenvalue weighted by atomic mass is 16.5. The summed E-state index contributed by atoms with van der Waals surface area (Å²) < 4.78 is 7.42. The molecular formula is C52H49NO. The number of allylic oxidation sites excluding steroid dienone is 14. The van der Waals surface area contributed by atoms with Gasteiger partial charge in [-0.25, -0.2) is 0 Å². The lowest BCUT2D eigenvalue weighted by molar-refractivity contribution is 0.168. The fourth-order valence-electron chi connectivity index (χ4n) is 12.5. The molecule has 0 N–H and O–H groups in total. The number of hydrogen-bond donors (Lipinski definition) is 0.